The number of aldehydes is 1. The molecule has 0 heterocycles. The molecule has 1 N–H and O–H groups in total. The average molecular weight is 256 g/mol. The van der Waals surface area contributed by atoms with E-state index < -0.39 is 0 Å². The SMILES string of the molecule is O=CCCNC(=O)c1cccc(Br)c1. The number of amides is 1. The van der Waals surface area contributed by atoms with Crippen LogP contribution in [-0.2, 0) is 4.79 Å². The molecular weight excluding hydrogens is 246 g/mol. The van der Waals surface area contributed by atoms with Gasteiger partial charge in [0.2, 0.25) is 0 Å². The zero-order valence-electron chi connectivity index (χ0n) is 7.50. The van der Waals surface area contributed by atoms with Crippen molar-refractivity contribution in [1.82, 2.24) is 5.32 Å². The van der Waals surface area contributed by atoms with Crippen LogP contribution in [0.1, 0.15) is 16.8 Å². The van der Waals surface area contributed by atoms with Crippen LogP contribution in [0.5, 0.6) is 0 Å². The standard InChI is InChI=1S/C10H10BrNO2/c11-9-4-1-3-8(7-9)10(14)12-5-2-6-13/h1,3-4,6-7H,2,5H2,(H,12,14). The normalized spacial score (nSPS) is 9.50. The number of nitrogens with one attached hydrogen (secondary N) is 1. The van der Waals surface area contributed by atoms with Crippen molar-refractivity contribution in [2.24, 2.45) is 0 Å². The molecule has 1 rings (SSSR count). The summed E-state index contributed by atoms with van der Waals surface area (Å²) in [6, 6.07) is 7.10. The second kappa shape index (κ2) is 5.54. The fraction of sp³-hybridized carbons (Fsp3) is 0.200. The molecular formula is C10H10BrNO2. The Bertz CT molecular complexity index is 339. The van der Waals surface area contributed by atoms with Gasteiger partial charge in [-0.1, -0.05) is 22.0 Å². The summed E-state index contributed by atoms with van der Waals surface area (Å²) in [6.45, 7) is 0.384. The van der Waals surface area contributed by atoms with E-state index in [1.54, 1.807) is 18.2 Å². The van der Waals surface area contributed by atoms with Crippen molar-refractivity contribution in [3.05, 3.63) is 34.3 Å². The van der Waals surface area contributed by atoms with Crippen LogP contribution in [0.3, 0.4) is 0 Å². The maximum absolute atomic E-state index is 11.4. The Morgan fingerprint density at radius 3 is 2.93 bits per heavy atom. The van der Waals surface area contributed by atoms with Gasteiger partial charge in [0, 0.05) is 23.0 Å². The Morgan fingerprint density at radius 2 is 2.29 bits per heavy atom. The third kappa shape index (κ3) is 3.30. The largest absolute Gasteiger partial charge is 0.352 e. The van der Waals surface area contributed by atoms with E-state index in [9.17, 15) is 9.59 Å². The summed E-state index contributed by atoms with van der Waals surface area (Å²) in [5, 5.41) is 2.64. The van der Waals surface area contributed by atoms with Crippen LogP contribution in [0.4, 0.5) is 0 Å². The highest BCUT2D eigenvalue weighted by Gasteiger charge is 2.03. The predicted octanol–water partition coefficient (Wildman–Crippen LogP) is 1.77. The first-order chi connectivity index (χ1) is 6.74. The Balaban J connectivity index is 2.56. The maximum atomic E-state index is 11.4. The van der Waals surface area contributed by atoms with E-state index in [4.69, 9.17) is 0 Å². The van der Waals surface area contributed by atoms with Gasteiger partial charge in [0.1, 0.15) is 6.29 Å². The average Bonchev–Trinajstić information content (AvgIpc) is 2.18. The molecule has 0 aliphatic rings. The van der Waals surface area contributed by atoms with Crippen molar-refractivity contribution < 1.29 is 9.59 Å². The van der Waals surface area contributed by atoms with Gasteiger partial charge in [-0.3, -0.25) is 4.79 Å². The molecule has 14 heavy (non-hydrogen) atoms. The second-order valence-electron chi connectivity index (χ2n) is 2.72. The fourth-order valence-electron chi connectivity index (χ4n) is 0.976. The zero-order chi connectivity index (χ0) is 10.4. The molecule has 0 fully saturated rings. The molecule has 0 aliphatic carbocycles. The van der Waals surface area contributed by atoms with Crippen molar-refractivity contribution in [3.8, 4) is 0 Å². The van der Waals surface area contributed by atoms with E-state index in [-0.39, 0.29) is 5.91 Å². The minimum atomic E-state index is -0.159. The lowest BCUT2D eigenvalue weighted by Gasteiger charge is -2.02. The second-order valence-corrected chi connectivity index (χ2v) is 3.64. The Morgan fingerprint density at radius 1 is 1.50 bits per heavy atom. The van der Waals surface area contributed by atoms with Gasteiger partial charge in [-0.05, 0) is 18.2 Å². The van der Waals surface area contributed by atoms with Crippen molar-refractivity contribution in [3.63, 3.8) is 0 Å². The fourth-order valence-corrected chi connectivity index (χ4v) is 1.38. The molecule has 74 valence electrons. The van der Waals surface area contributed by atoms with Crippen LogP contribution in [0.2, 0.25) is 0 Å². The molecule has 0 unspecified atom stereocenters. The highest BCUT2D eigenvalue weighted by atomic mass is 79.9. The van der Waals surface area contributed by atoms with Crippen LogP contribution >= 0.6 is 15.9 Å². The first kappa shape index (κ1) is 10.9. The van der Waals surface area contributed by atoms with Gasteiger partial charge in [-0.25, -0.2) is 0 Å². The van der Waals surface area contributed by atoms with Crippen molar-refractivity contribution in [1.29, 1.82) is 0 Å². The lowest BCUT2D eigenvalue weighted by atomic mass is 10.2. The van der Waals surface area contributed by atoms with Crippen molar-refractivity contribution >= 4 is 28.1 Å². The van der Waals surface area contributed by atoms with E-state index >= 15 is 0 Å². The third-order valence-corrected chi connectivity index (χ3v) is 2.13. The molecule has 0 bridgehead atoms. The summed E-state index contributed by atoms with van der Waals surface area (Å²) >= 11 is 3.28. The van der Waals surface area contributed by atoms with Gasteiger partial charge in [0.25, 0.3) is 5.91 Å². The molecule has 0 atom stereocenters. The van der Waals surface area contributed by atoms with Gasteiger partial charge in [0.15, 0.2) is 0 Å². The first-order valence-corrected chi connectivity index (χ1v) is 5.00. The van der Waals surface area contributed by atoms with Crippen LogP contribution in [0.15, 0.2) is 28.7 Å². The topological polar surface area (TPSA) is 46.2 Å². The lowest BCUT2D eigenvalue weighted by molar-refractivity contribution is -0.107. The summed E-state index contributed by atoms with van der Waals surface area (Å²) in [7, 11) is 0. The number of halogens is 1. The van der Waals surface area contributed by atoms with E-state index in [2.05, 4.69) is 21.2 Å². The number of hydrogen-bond acceptors (Lipinski definition) is 2. The van der Waals surface area contributed by atoms with Gasteiger partial charge in [-0.2, -0.15) is 0 Å². The van der Waals surface area contributed by atoms with Crippen molar-refractivity contribution in [2.75, 3.05) is 6.54 Å². The maximum Gasteiger partial charge on any atom is 0.251 e. The molecule has 4 heteroatoms. The van der Waals surface area contributed by atoms with Gasteiger partial charge < -0.3 is 10.1 Å². The zero-order valence-corrected chi connectivity index (χ0v) is 9.08. The molecule has 0 aliphatic heterocycles. The number of benzene rings is 1. The molecule has 0 aromatic heterocycles. The molecule has 0 spiro atoms. The highest BCUT2D eigenvalue weighted by molar-refractivity contribution is 9.10. The number of carbonyl (C=O) groups excluding carboxylic acids is 2. The van der Waals surface area contributed by atoms with Crippen molar-refractivity contribution in [2.45, 2.75) is 6.42 Å². The monoisotopic (exact) mass is 255 g/mol. The van der Waals surface area contributed by atoms with E-state index in [0.717, 1.165) is 10.8 Å². The number of hydrogen-bond donors (Lipinski definition) is 1. The Hall–Kier alpha value is -1.16. The molecule has 0 saturated heterocycles. The van der Waals surface area contributed by atoms with E-state index in [1.807, 2.05) is 6.07 Å². The van der Waals surface area contributed by atoms with Crippen LogP contribution < -0.4 is 5.32 Å². The molecule has 1 amide bonds. The Labute approximate surface area is 90.6 Å². The smallest absolute Gasteiger partial charge is 0.251 e. The predicted molar refractivity (Wildman–Crippen MR) is 57.2 cm³/mol. The molecule has 1 aromatic rings. The summed E-state index contributed by atoms with van der Waals surface area (Å²) in [5.74, 6) is -0.159. The number of rotatable bonds is 4. The highest BCUT2D eigenvalue weighted by Crippen LogP contribution is 2.11. The summed E-state index contributed by atoms with van der Waals surface area (Å²) < 4.78 is 0.862. The van der Waals surface area contributed by atoms with Gasteiger partial charge in [-0.15, -0.1) is 0 Å². The molecule has 0 saturated carbocycles. The Kier molecular flexibility index (Phi) is 4.32. The minimum absolute atomic E-state index is 0.159. The molecule has 1 aromatic carbocycles. The lowest BCUT2D eigenvalue weighted by Crippen LogP contribution is -2.24. The van der Waals surface area contributed by atoms with E-state index in [1.165, 1.54) is 0 Å². The quantitative estimate of drug-likeness (QED) is 0.659. The minimum Gasteiger partial charge on any atom is -0.352 e. The van der Waals surface area contributed by atoms with Gasteiger partial charge >= 0.3 is 0 Å². The molecule has 0 radical (unpaired) electrons. The summed E-state index contributed by atoms with van der Waals surface area (Å²) in [4.78, 5) is 21.4. The number of carbonyl (C=O) groups is 2. The van der Waals surface area contributed by atoms with Gasteiger partial charge in [0.05, 0.1) is 0 Å². The van der Waals surface area contributed by atoms with Crippen LogP contribution in [0, 0.1) is 0 Å². The van der Waals surface area contributed by atoms with E-state index in [0.29, 0.717) is 18.5 Å². The summed E-state index contributed by atoms with van der Waals surface area (Å²) in [6.07, 6.45) is 1.13. The first-order valence-electron chi connectivity index (χ1n) is 4.21. The third-order valence-electron chi connectivity index (χ3n) is 1.63. The summed E-state index contributed by atoms with van der Waals surface area (Å²) in [5.41, 5.74) is 0.588. The molecule has 3 nitrogen and oxygen atoms in total. The van der Waals surface area contributed by atoms with Crippen LogP contribution in [0.25, 0.3) is 0 Å². The van der Waals surface area contributed by atoms with Crippen LogP contribution in [-0.4, -0.2) is 18.7 Å².